The molecule has 1 unspecified atom stereocenters. The molecule has 20 heavy (non-hydrogen) atoms. The van der Waals surface area contributed by atoms with Crippen LogP contribution in [0.15, 0.2) is 29.7 Å². The lowest BCUT2D eigenvalue weighted by molar-refractivity contribution is -0.115. The second-order valence-corrected chi connectivity index (χ2v) is 7.04. The predicted octanol–water partition coefficient (Wildman–Crippen LogP) is 1.83. The van der Waals surface area contributed by atoms with Crippen LogP contribution in [0.25, 0.3) is 0 Å². The molecule has 0 aliphatic carbocycles. The van der Waals surface area contributed by atoms with Gasteiger partial charge in [-0.15, -0.1) is 0 Å². The lowest BCUT2D eigenvalue weighted by Crippen LogP contribution is -2.36. The second kappa shape index (κ2) is 6.13. The van der Waals surface area contributed by atoms with E-state index in [2.05, 4.69) is 10.6 Å². The van der Waals surface area contributed by atoms with E-state index in [0.29, 0.717) is 15.7 Å². The Hall–Kier alpha value is -1.08. The van der Waals surface area contributed by atoms with Crippen molar-refractivity contribution in [1.29, 1.82) is 0 Å². The Morgan fingerprint density at radius 2 is 1.95 bits per heavy atom. The molecular formula is C12H12Cl2N2O3S. The number of hydrogen-bond donors (Lipinski definition) is 2. The van der Waals surface area contributed by atoms with Crippen molar-refractivity contribution in [2.45, 2.75) is 6.04 Å². The highest BCUT2D eigenvalue weighted by Gasteiger charge is 2.21. The van der Waals surface area contributed by atoms with Gasteiger partial charge in [0, 0.05) is 11.4 Å². The third-order valence-corrected chi connectivity index (χ3v) is 4.71. The molecule has 0 saturated heterocycles. The molecule has 1 amide bonds. The van der Waals surface area contributed by atoms with E-state index < -0.39 is 9.84 Å². The van der Waals surface area contributed by atoms with E-state index in [1.54, 1.807) is 18.2 Å². The van der Waals surface area contributed by atoms with Crippen LogP contribution in [0.1, 0.15) is 0 Å². The average molecular weight is 335 g/mol. The molecule has 1 heterocycles. The van der Waals surface area contributed by atoms with E-state index in [-0.39, 0.29) is 24.2 Å². The third-order valence-electron chi connectivity index (χ3n) is 2.68. The van der Waals surface area contributed by atoms with Crippen LogP contribution < -0.4 is 10.6 Å². The maximum absolute atomic E-state index is 11.8. The first kappa shape index (κ1) is 15.3. The van der Waals surface area contributed by atoms with Gasteiger partial charge in [-0.25, -0.2) is 8.42 Å². The van der Waals surface area contributed by atoms with Crippen LogP contribution in [0, 0.1) is 0 Å². The van der Waals surface area contributed by atoms with Crippen molar-refractivity contribution in [3.05, 3.63) is 39.7 Å². The van der Waals surface area contributed by atoms with Crippen molar-refractivity contribution in [3.63, 3.8) is 0 Å². The smallest absolute Gasteiger partial charge is 0.238 e. The minimum atomic E-state index is -3.13. The zero-order valence-electron chi connectivity index (χ0n) is 10.3. The number of hydrogen-bond acceptors (Lipinski definition) is 4. The standard InChI is InChI=1S/C12H12Cl2N2O3S/c13-9-2-1-3-10(14)12(9)16-11(17)6-15-8-4-5-20(18,19)7-8/h1-5,8,15H,6-7H2,(H,16,17). The maximum atomic E-state index is 11.8. The quantitative estimate of drug-likeness (QED) is 0.880. The van der Waals surface area contributed by atoms with Gasteiger partial charge in [-0.1, -0.05) is 35.3 Å². The molecule has 0 radical (unpaired) electrons. The van der Waals surface area contributed by atoms with Gasteiger partial charge in [0.1, 0.15) is 0 Å². The molecule has 1 aromatic carbocycles. The van der Waals surface area contributed by atoms with Gasteiger partial charge < -0.3 is 10.6 Å². The molecule has 0 aromatic heterocycles. The number of sulfone groups is 1. The first-order valence-electron chi connectivity index (χ1n) is 5.75. The summed E-state index contributed by atoms with van der Waals surface area (Å²) in [6.45, 7) is -0.0356. The SMILES string of the molecule is O=C(CNC1C=CS(=O)(=O)C1)Nc1c(Cl)cccc1Cl. The largest absolute Gasteiger partial charge is 0.322 e. The van der Waals surface area contributed by atoms with Crippen LogP contribution in [-0.2, 0) is 14.6 Å². The topological polar surface area (TPSA) is 75.3 Å². The summed E-state index contributed by atoms with van der Waals surface area (Å²) in [4.78, 5) is 11.8. The molecule has 0 bridgehead atoms. The number of carbonyl (C=O) groups excluding carboxylic acids is 1. The minimum absolute atomic E-state index is 0.0346. The number of anilines is 1. The van der Waals surface area contributed by atoms with Gasteiger partial charge in [0.2, 0.25) is 5.91 Å². The van der Waals surface area contributed by atoms with Crippen LogP contribution in [0.2, 0.25) is 10.0 Å². The molecule has 0 spiro atoms. The average Bonchev–Trinajstić information content (AvgIpc) is 2.71. The third kappa shape index (κ3) is 3.96. The van der Waals surface area contributed by atoms with Gasteiger partial charge in [0.15, 0.2) is 9.84 Å². The molecule has 1 aromatic rings. The Morgan fingerprint density at radius 1 is 1.30 bits per heavy atom. The monoisotopic (exact) mass is 334 g/mol. The number of carbonyl (C=O) groups is 1. The molecule has 0 saturated carbocycles. The fourth-order valence-electron chi connectivity index (χ4n) is 1.73. The molecule has 108 valence electrons. The summed E-state index contributed by atoms with van der Waals surface area (Å²) in [5.41, 5.74) is 0.345. The van der Waals surface area contributed by atoms with Gasteiger partial charge in [-0.2, -0.15) is 0 Å². The summed E-state index contributed by atoms with van der Waals surface area (Å²) in [6.07, 6.45) is 1.52. The normalized spacial score (nSPS) is 20.0. The number of amides is 1. The molecule has 2 rings (SSSR count). The molecule has 0 fully saturated rings. The number of rotatable bonds is 4. The zero-order chi connectivity index (χ0) is 14.8. The van der Waals surface area contributed by atoms with Crippen LogP contribution in [0.3, 0.4) is 0 Å². The Labute approximate surface area is 126 Å². The van der Waals surface area contributed by atoms with Crippen molar-refractivity contribution in [2.24, 2.45) is 0 Å². The van der Waals surface area contributed by atoms with Gasteiger partial charge in [0.25, 0.3) is 0 Å². The summed E-state index contributed by atoms with van der Waals surface area (Å²) in [5, 5.41) is 7.25. The first-order chi connectivity index (χ1) is 9.37. The fourth-order valence-corrected chi connectivity index (χ4v) is 3.49. The number of benzene rings is 1. The highest BCUT2D eigenvalue weighted by molar-refractivity contribution is 7.94. The van der Waals surface area contributed by atoms with Crippen LogP contribution in [-0.4, -0.2) is 32.7 Å². The number of nitrogens with one attached hydrogen (secondary N) is 2. The predicted molar refractivity (Wildman–Crippen MR) is 79.8 cm³/mol. The van der Waals surface area contributed by atoms with Crippen molar-refractivity contribution in [3.8, 4) is 0 Å². The molecule has 1 aliphatic rings. The summed E-state index contributed by atoms with van der Waals surface area (Å²) in [6, 6.07) is 4.55. The van der Waals surface area contributed by atoms with E-state index in [1.807, 2.05) is 0 Å². The molecular weight excluding hydrogens is 323 g/mol. The lowest BCUT2D eigenvalue weighted by Gasteiger charge is -2.12. The molecule has 1 atom stereocenters. The first-order valence-corrected chi connectivity index (χ1v) is 8.23. The summed E-state index contributed by atoms with van der Waals surface area (Å²) < 4.78 is 22.4. The molecule has 8 heteroatoms. The van der Waals surface area contributed by atoms with E-state index in [1.165, 1.54) is 6.08 Å². The van der Waals surface area contributed by atoms with Crippen LogP contribution >= 0.6 is 23.2 Å². The van der Waals surface area contributed by atoms with Crippen molar-refractivity contribution in [2.75, 3.05) is 17.6 Å². The van der Waals surface area contributed by atoms with E-state index in [4.69, 9.17) is 23.2 Å². The highest BCUT2D eigenvalue weighted by atomic mass is 35.5. The highest BCUT2D eigenvalue weighted by Crippen LogP contribution is 2.29. The van der Waals surface area contributed by atoms with Gasteiger partial charge in [-0.05, 0) is 12.1 Å². The van der Waals surface area contributed by atoms with Gasteiger partial charge in [0.05, 0.1) is 28.0 Å². The van der Waals surface area contributed by atoms with Crippen LogP contribution in [0.4, 0.5) is 5.69 Å². The number of para-hydroxylation sites is 1. The fraction of sp³-hybridized carbons (Fsp3) is 0.250. The van der Waals surface area contributed by atoms with Gasteiger partial charge in [-0.3, -0.25) is 4.79 Å². The molecule has 1 aliphatic heterocycles. The minimum Gasteiger partial charge on any atom is -0.322 e. The Morgan fingerprint density at radius 3 is 2.50 bits per heavy atom. The number of halogens is 2. The van der Waals surface area contributed by atoms with Crippen molar-refractivity contribution < 1.29 is 13.2 Å². The van der Waals surface area contributed by atoms with E-state index >= 15 is 0 Å². The Kier molecular flexibility index (Phi) is 4.70. The summed E-state index contributed by atoms with van der Waals surface area (Å²) in [7, 11) is -3.13. The van der Waals surface area contributed by atoms with Crippen LogP contribution in [0.5, 0.6) is 0 Å². The zero-order valence-corrected chi connectivity index (χ0v) is 12.6. The Bertz CT molecular complexity index is 638. The molecule has 5 nitrogen and oxygen atoms in total. The van der Waals surface area contributed by atoms with E-state index in [9.17, 15) is 13.2 Å². The lowest BCUT2D eigenvalue weighted by atomic mass is 10.3. The maximum Gasteiger partial charge on any atom is 0.238 e. The summed E-state index contributed by atoms with van der Waals surface area (Å²) >= 11 is 11.9. The van der Waals surface area contributed by atoms with E-state index in [0.717, 1.165) is 5.41 Å². The summed E-state index contributed by atoms with van der Waals surface area (Å²) in [5.74, 6) is -0.384. The van der Waals surface area contributed by atoms with Gasteiger partial charge >= 0.3 is 0 Å². The Balaban J connectivity index is 1.89. The van der Waals surface area contributed by atoms with Crippen molar-refractivity contribution in [1.82, 2.24) is 5.32 Å². The molecule has 2 N–H and O–H groups in total. The second-order valence-electron chi connectivity index (χ2n) is 4.29. The van der Waals surface area contributed by atoms with Crippen molar-refractivity contribution >= 4 is 44.6 Å².